The largest absolute Gasteiger partial charge is 0.484 e. The van der Waals surface area contributed by atoms with Crippen molar-refractivity contribution in [3.8, 4) is 11.4 Å². The van der Waals surface area contributed by atoms with Crippen molar-refractivity contribution >= 4 is 48.5 Å². The van der Waals surface area contributed by atoms with Gasteiger partial charge >= 0.3 is 0 Å². The molecular weight excluding hydrogens is 770 g/mol. The molecule has 0 radical (unpaired) electrons. The first-order chi connectivity index (χ1) is 27.9. The number of halogens is 1. The van der Waals surface area contributed by atoms with Gasteiger partial charge in [-0.3, -0.25) is 23.9 Å². The SMILES string of the molecule is CCNC(=O)C[C@@H]1N=C(c2ccc(Cl)cc2)c2cc(OCC(=O)NCc3cccc(C4CCN(C(=O)c5ccc([Si](C)(C)O)cc5)CC4)c3)ccc2-n2c(C)nnc21. The summed E-state index contributed by atoms with van der Waals surface area (Å²) in [5.41, 5.74) is 5.76. The van der Waals surface area contributed by atoms with Crippen molar-refractivity contribution < 1.29 is 23.9 Å². The first kappa shape index (κ1) is 40.6. The van der Waals surface area contributed by atoms with Crippen molar-refractivity contribution in [1.29, 1.82) is 0 Å². The van der Waals surface area contributed by atoms with Crippen LogP contribution in [-0.2, 0) is 16.1 Å². The number of amides is 3. The minimum absolute atomic E-state index is 0.0174. The van der Waals surface area contributed by atoms with E-state index in [9.17, 15) is 19.2 Å². The number of likely N-dealkylation sites (tertiary alicyclic amines) is 1. The van der Waals surface area contributed by atoms with Gasteiger partial charge in [0.25, 0.3) is 11.8 Å². The zero-order valence-corrected chi connectivity index (χ0v) is 34.9. The molecule has 3 N–H and O–H groups in total. The van der Waals surface area contributed by atoms with Gasteiger partial charge in [0.1, 0.15) is 17.6 Å². The first-order valence-corrected chi connectivity index (χ1v) is 23.0. The number of ether oxygens (including phenoxy) is 1. The number of fused-ring (bicyclic) bond motifs is 3. The third-order valence-electron chi connectivity index (χ3n) is 10.7. The van der Waals surface area contributed by atoms with E-state index in [0.717, 1.165) is 40.4 Å². The third-order valence-corrected chi connectivity index (χ3v) is 12.7. The van der Waals surface area contributed by atoms with Crippen LogP contribution >= 0.6 is 11.6 Å². The van der Waals surface area contributed by atoms with Crippen molar-refractivity contribution in [2.24, 2.45) is 4.99 Å². The van der Waals surface area contributed by atoms with E-state index in [0.29, 0.717) is 65.8 Å². The Labute approximate surface area is 344 Å². The van der Waals surface area contributed by atoms with Crippen LogP contribution < -0.4 is 20.6 Å². The van der Waals surface area contributed by atoms with Crippen LogP contribution in [0.4, 0.5) is 0 Å². The summed E-state index contributed by atoms with van der Waals surface area (Å²) in [4.78, 5) is 56.5. The van der Waals surface area contributed by atoms with Crippen molar-refractivity contribution in [3.05, 3.63) is 135 Å². The number of nitrogens with zero attached hydrogens (tertiary/aromatic N) is 5. The highest BCUT2D eigenvalue weighted by Crippen LogP contribution is 2.35. The number of aliphatic imine (C=N–C) groups is 1. The molecule has 0 unspecified atom stereocenters. The van der Waals surface area contributed by atoms with Gasteiger partial charge in [-0.25, -0.2) is 0 Å². The van der Waals surface area contributed by atoms with Gasteiger partial charge in [-0.05, 0) is 104 Å². The summed E-state index contributed by atoms with van der Waals surface area (Å²) < 4.78 is 7.97. The highest BCUT2D eigenvalue weighted by molar-refractivity contribution is 6.83. The summed E-state index contributed by atoms with van der Waals surface area (Å²) in [7, 11) is -2.42. The first-order valence-electron chi connectivity index (χ1n) is 19.7. The lowest BCUT2D eigenvalue weighted by Gasteiger charge is -2.32. The molecule has 0 bridgehead atoms. The number of nitrogens with one attached hydrogen (secondary N) is 2. The fourth-order valence-electron chi connectivity index (χ4n) is 7.56. The highest BCUT2D eigenvalue weighted by Gasteiger charge is 2.30. The molecule has 1 aromatic heterocycles. The van der Waals surface area contributed by atoms with Gasteiger partial charge in [0.15, 0.2) is 12.4 Å². The molecule has 5 aromatic rings. The Morgan fingerprint density at radius 1 is 0.914 bits per heavy atom. The zero-order valence-electron chi connectivity index (χ0n) is 33.2. The van der Waals surface area contributed by atoms with Crippen LogP contribution in [0.5, 0.6) is 5.75 Å². The van der Waals surface area contributed by atoms with Gasteiger partial charge in [0.05, 0.1) is 17.8 Å². The summed E-state index contributed by atoms with van der Waals surface area (Å²) in [6, 6.07) is 27.9. The molecule has 1 fully saturated rings. The Morgan fingerprint density at radius 3 is 2.36 bits per heavy atom. The Kier molecular flexibility index (Phi) is 12.2. The average Bonchev–Trinajstić information content (AvgIpc) is 3.55. The predicted molar refractivity (Wildman–Crippen MR) is 227 cm³/mol. The van der Waals surface area contributed by atoms with E-state index in [1.165, 1.54) is 5.56 Å². The molecule has 1 saturated heterocycles. The Morgan fingerprint density at radius 2 is 1.66 bits per heavy atom. The average molecular weight is 818 g/mol. The molecule has 1 atom stereocenters. The summed E-state index contributed by atoms with van der Waals surface area (Å²) >= 11 is 6.25. The molecule has 0 aliphatic carbocycles. The van der Waals surface area contributed by atoms with E-state index < -0.39 is 14.4 Å². The number of benzene rings is 4. The quantitative estimate of drug-likeness (QED) is 0.135. The lowest BCUT2D eigenvalue weighted by atomic mass is 9.88. The van der Waals surface area contributed by atoms with Crippen LogP contribution in [0.2, 0.25) is 18.1 Å². The Balaban J connectivity index is 0.991. The number of aryl methyl sites for hydroxylation is 1. The molecule has 3 amide bonds. The smallest absolute Gasteiger partial charge is 0.258 e. The van der Waals surface area contributed by atoms with Gasteiger partial charge in [0, 0.05) is 47.9 Å². The van der Waals surface area contributed by atoms with Gasteiger partial charge in [-0.1, -0.05) is 60.1 Å². The number of hydrogen-bond donors (Lipinski definition) is 3. The second kappa shape index (κ2) is 17.5. The van der Waals surface area contributed by atoms with Crippen LogP contribution in [-0.4, -0.2) is 82.5 Å². The summed E-state index contributed by atoms with van der Waals surface area (Å²) in [5, 5.41) is 16.1. The lowest BCUT2D eigenvalue weighted by Crippen LogP contribution is -2.41. The van der Waals surface area contributed by atoms with Crippen LogP contribution in [0.1, 0.15) is 82.4 Å². The number of aromatic nitrogens is 3. The molecular formula is C44H48ClN7O5Si. The van der Waals surface area contributed by atoms with E-state index >= 15 is 0 Å². The monoisotopic (exact) mass is 817 g/mol. The number of carbonyl (C=O) groups is 3. The van der Waals surface area contributed by atoms with Gasteiger partial charge in [0.2, 0.25) is 14.2 Å². The fourth-order valence-corrected chi connectivity index (χ4v) is 8.67. The minimum atomic E-state index is -2.42. The number of carbonyl (C=O) groups excluding carboxylic acids is 3. The minimum Gasteiger partial charge on any atom is -0.484 e. The van der Waals surface area contributed by atoms with Gasteiger partial charge < -0.3 is 25.1 Å². The molecule has 2 aliphatic heterocycles. The molecule has 0 saturated carbocycles. The summed E-state index contributed by atoms with van der Waals surface area (Å²) in [6.07, 6.45) is 1.79. The van der Waals surface area contributed by atoms with Crippen molar-refractivity contribution in [1.82, 2.24) is 30.3 Å². The maximum Gasteiger partial charge on any atom is 0.258 e. The van der Waals surface area contributed by atoms with E-state index in [1.54, 1.807) is 18.2 Å². The van der Waals surface area contributed by atoms with Crippen LogP contribution in [0, 0.1) is 6.92 Å². The predicted octanol–water partition coefficient (Wildman–Crippen LogP) is 5.77. The lowest BCUT2D eigenvalue weighted by molar-refractivity contribution is -0.123. The topological polar surface area (TPSA) is 151 Å². The number of piperidine rings is 1. The van der Waals surface area contributed by atoms with Gasteiger partial charge in [-0.2, -0.15) is 0 Å². The molecule has 12 nitrogen and oxygen atoms in total. The van der Waals surface area contributed by atoms with E-state index in [2.05, 4.69) is 33.0 Å². The van der Waals surface area contributed by atoms with Gasteiger partial charge in [-0.15, -0.1) is 10.2 Å². The number of hydrogen-bond acceptors (Lipinski definition) is 8. The highest BCUT2D eigenvalue weighted by atomic mass is 35.5. The zero-order chi connectivity index (χ0) is 41.0. The molecule has 0 spiro atoms. The van der Waals surface area contributed by atoms with E-state index in [1.807, 2.05) is 97.1 Å². The Hall–Kier alpha value is -5.63. The standard InChI is InChI=1S/C44H48ClN7O5Si/c1-5-46-40(53)25-38-43-50-49-28(2)52(43)39-18-15-35(24-37(39)42(48-38)31-9-13-34(45)14-10-31)57-27-41(54)47-26-29-7-6-8-33(23-29)30-19-21-51(22-20-30)44(55)32-11-16-36(17-12-32)58(3,4)56/h6-18,23-24,30,38,56H,5,19-22,25-27H2,1-4H3,(H,46,53)(H,47,54)/t38-/m0/s1. The van der Waals surface area contributed by atoms with E-state index in [4.69, 9.17) is 21.3 Å². The molecule has 3 heterocycles. The second-order valence-corrected chi connectivity index (χ2v) is 19.4. The molecule has 2 aliphatic rings. The summed E-state index contributed by atoms with van der Waals surface area (Å²) in [6.45, 7) is 9.43. The van der Waals surface area contributed by atoms with Crippen molar-refractivity contribution in [2.45, 2.75) is 64.7 Å². The maximum absolute atomic E-state index is 13.2. The molecule has 300 valence electrons. The van der Waals surface area contributed by atoms with Crippen molar-refractivity contribution in [2.75, 3.05) is 26.2 Å². The summed E-state index contributed by atoms with van der Waals surface area (Å²) in [5.74, 6) is 1.59. The molecule has 58 heavy (non-hydrogen) atoms. The maximum atomic E-state index is 13.2. The third kappa shape index (κ3) is 9.22. The number of rotatable bonds is 12. The molecule has 4 aromatic carbocycles. The van der Waals surface area contributed by atoms with E-state index in [-0.39, 0.29) is 30.7 Å². The second-order valence-electron chi connectivity index (χ2n) is 15.3. The Bertz CT molecular complexity index is 2330. The molecule has 7 rings (SSSR count). The molecule has 14 heteroatoms. The van der Waals surface area contributed by atoms with Crippen molar-refractivity contribution in [3.63, 3.8) is 0 Å². The van der Waals surface area contributed by atoms with Crippen LogP contribution in [0.25, 0.3) is 5.69 Å². The normalized spacial score (nSPS) is 15.4. The van der Waals surface area contributed by atoms with Crippen LogP contribution in [0.3, 0.4) is 0 Å². The van der Waals surface area contributed by atoms with Crippen LogP contribution in [0.15, 0.2) is 96.0 Å². The fraction of sp³-hybridized carbons (Fsp3) is 0.318.